The van der Waals surface area contributed by atoms with Crippen LogP contribution in [0.4, 0.5) is 4.39 Å². The standard InChI is InChI=1S/C24H29FN2O3/c1-3-30-22-8-4-6-19(15-22)17(2)26-24(29)20-7-5-13-27(16-20)23(28)14-18-9-11-21(25)12-10-18/h4,6,8-12,15,17,20H,3,5,7,13-14,16H2,1-2H3,(H,26,29). The molecule has 2 atom stereocenters. The van der Waals surface area contributed by atoms with Gasteiger partial charge in [0.05, 0.1) is 25.0 Å². The van der Waals surface area contributed by atoms with Gasteiger partial charge in [0.1, 0.15) is 11.6 Å². The van der Waals surface area contributed by atoms with Gasteiger partial charge in [0.15, 0.2) is 0 Å². The lowest BCUT2D eigenvalue weighted by molar-refractivity contribution is -0.135. The Labute approximate surface area is 177 Å². The van der Waals surface area contributed by atoms with Crippen LogP contribution in [0, 0.1) is 11.7 Å². The van der Waals surface area contributed by atoms with E-state index < -0.39 is 0 Å². The van der Waals surface area contributed by atoms with Gasteiger partial charge >= 0.3 is 0 Å². The first-order valence-electron chi connectivity index (χ1n) is 10.5. The Bertz CT molecular complexity index is 869. The van der Waals surface area contributed by atoms with Gasteiger partial charge < -0.3 is 15.0 Å². The third kappa shape index (κ3) is 5.81. The fourth-order valence-electron chi connectivity index (χ4n) is 3.76. The zero-order chi connectivity index (χ0) is 21.5. The number of nitrogens with one attached hydrogen (secondary N) is 1. The number of rotatable bonds is 7. The molecule has 6 heteroatoms. The topological polar surface area (TPSA) is 58.6 Å². The summed E-state index contributed by atoms with van der Waals surface area (Å²) in [5, 5.41) is 3.08. The highest BCUT2D eigenvalue weighted by Gasteiger charge is 2.29. The van der Waals surface area contributed by atoms with Crippen LogP contribution in [0.15, 0.2) is 48.5 Å². The maximum absolute atomic E-state index is 13.1. The predicted molar refractivity (Wildman–Crippen MR) is 114 cm³/mol. The van der Waals surface area contributed by atoms with Crippen LogP contribution >= 0.6 is 0 Å². The maximum atomic E-state index is 13.1. The molecule has 1 saturated heterocycles. The largest absolute Gasteiger partial charge is 0.494 e. The molecule has 2 aromatic carbocycles. The molecule has 5 nitrogen and oxygen atoms in total. The smallest absolute Gasteiger partial charge is 0.227 e. The van der Waals surface area contributed by atoms with Crippen LogP contribution in [-0.4, -0.2) is 36.4 Å². The monoisotopic (exact) mass is 412 g/mol. The van der Waals surface area contributed by atoms with E-state index in [1.165, 1.54) is 12.1 Å². The van der Waals surface area contributed by atoms with Crippen molar-refractivity contribution < 1.29 is 18.7 Å². The number of amides is 2. The van der Waals surface area contributed by atoms with Crippen molar-refractivity contribution in [3.05, 3.63) is 65.5 Å². The number of carbonyl (C=O) groups is 2. The molecule has 30 heavy (non-hydrogen) atoms. The molecule has 0 saturated carbocycles. The van der Waals surface area contributed by atoms with E-state index in [4.69, 9.17) is 4.74 Å². The summed E-state index contributed by atoms with van der Waals surface area (Å²) in [4.78, 5) is 27.2. The van der Waals surface area contributed by atoms with E-state index in [9.17, 15) is 14.0 Å². The minimum Gasteiger partial charge on any atom is -0.494 e. The van der Waals surface area contributed by atoms with Crippen LogP contribution in [0.25, 0.3) is 0 Å². The number of benzene rings is 2. The first kappa shape index (κ1) is 21.8. The zero-order valence-corrected chi connectivity index (χ0v) is 17.6. The van der Waals surface area contributed by atoms with Gasteiger partial charge in [-0.2, -0.15) is 0 Å². The average Bonchev–Trinajstić information content (AvgIpc) is 2.76. The van der Waals surface area contributed by atoms with Gasteiger partial charge in [-0.3, -0.25) is 9.59 Å². The SMILES string of the molecule is CCOc1cccc(C(C)NC(=O)C2CCCN(C(=O)Cc3ccc(F)cc3)C2)c1. The van der Waals surface area contributed by atoms with Crippen LogP contribution < -0.4 is 10.1 Å². The highest BCUT2D eigenvalue weighted by Crippen LogP contribution is 2.22. The van der Waals surface area contributed by atoms with Crippen molar-refractivity contribution in [1.29, 1.82) is 0 Å². The van der Waals surface area contributed by atoms with E-state index in [2.05, 4.69) is 5.32 Å². The molecular formula is C24H29FN2O3. The van der Waals surface area contributed by atoms with Gasteiger partial charge in [-0.15, -0.1) is 0 Å². The Morgan fingerprint density at radius 1 is 1.23 bits per heavy atom. The molecule has 2 amide bonds. The summed E-state index contributed by atoms with van der Waals surface area (Å²) in [5.41, 5.74) is 1.75. The molecule has 1 aliphatic heterocycles. The number of hydrogen-bond donors (Lipinski definition) is 1. The highest BCUT2D eigenvalue weighted by atomic mass is 19.1. The van der Waals surface area contributed by atoms with Gasteiger partial charge in [-0.05, 0) is 62.1 Å². The minimum absolute atomic E-state index is 0.0310. The summed E-state index contributed by atoms with van der Waals surface area (Å²) < 4.78 is 18.6. The second-order valence-corrected chi connectivity index (χ2v) is 7.72. The van der Waals surface area contributed by atoms with E-state index >= 15 is 0 Å². The molecule has 1 aliphatic rings. The second kappa shape index (κ2) is 10.2. The molecule has 0 aliphatic carbocycles. The molecule has 2 aromatic rings. The van der Waals surface area contributed by atoms with Crippen LogP contribution in [0.2, 0.25) is 0 Å². The third-order valence-electron chi connectivity index (χ3n) is 5.44. The van der Waals surface area contributed by atoms with Gasteiger partial charge in [0, 0.05) is 13.1 Å². The molecular weight excluding hydrogens is 383 g/mol. The Hall–Kier alpha value is -2.89. The fraction of sp³-hybridized carbons (Fsp3) is 0.417. The molecule has 1 N–H and O–H groups in total. The van der Waals surface area contributed by atoms with Crippen LogP contribution in [0.1, 0.15) is 43.9 Å². The maximum Gasteiger partial charge on any atom is 0.227 e. The van der Waals surface area contributed by atoms with E-state index in [0.717, 1.165) is 29.7 Å². The van der Waals surface area contributed by atoms with Crippen LogP contribution in [0.3, 0.4) is 0 Å². The van der Waals surface area contributed by atoms with E-state index in [1.54, 1.807) is 17.0 Å². The molecule has 3 rings (SSSR count). The number of piperidine rings is 1. The summed E-state index contributed by atoms with van der Waals surface area (Å²) in [5.74, 6) is 0.168. The van der Waals surface area contributed by atoms with Crippen molar-refractivity contribution in [1.82, 2.24) is 10.2 Å². The van der Waals surface area contributed by atoms with Crippen molar-refractivity contribution >= 4 is 11.8 Å². The number of halogens is 1. The Morgan fingerprint density at radius 2 is 2.00 bits per heavy atom. The molecule has 0 radical (unpaired) electrons. The second-order valence-electron chi connectivity index (χ2n) is 7.72. The molecule has 1 fully saturated rings. The molecule has 1 heterocycles. The van der Waals surface area contributed by atoms with E-state index in [0.29, 0.717) is 19.7 Å². The van der Waals surface area contributed by atoms with Crippen LogP contribution in [-0.2, 0) is 16.0 Å². The van der Waals surface area contributed by atoms with Gasteiger partial charge in [-0.1, -0.05) is 24.3 Å². The lowest BCUT2D eigenvalue weighted by atomic mass is 9.95. The van der Waals surface area contributed by atoms with Crippen LogP contribution in [0.5, 0.6) is 5.75 Å². The average molecular weight is 413 g/mol. The Morgan fingerprint density at radius 3 is 2.73 bits per heavy atom. The Balaban J connectivity index is 1.56. The summed E-state index contributed by atoms with van der Waals surface area (Å²) in [6.45, 7) is 5.54. The number of hydrogen-bond acceptors (Lipinski definition) is 3. The van der Waals surface area contributed by atoms with Gasteiger partial charge in [0.25, 0.3) is 0 Å². The van der Waals surface area contributed by atoms with Crippen molar-refractivity contribution in [2.45, 2.75) is 39.2 Å². The first-order valence-corrected chi connectivity index (χ1v) is 10.5. The van der Waals surface area contributed by atoms with Crippen molar-refractivity contribution in [3.8, 4) is 5.75 Å². The summed E-state index contributed by atoms with van der Waals surface area (Å²) in [6, 6.07) is 13.5. The van der Waals surface area contributed by atoms with E-state index in [1.807, 2.05) is 38.1 Å². The lowest BCUT2D eigenvalue weighted by Crippen LogP contribution is -2.46. The fourth-order valence-corrected chi connectivity index (χ4v) is 3.76. The summed E-state index contributed by atoms with van der Waals surface area (Å²) in [7, 11) is 0. The van der Waals surface area contributed by atoms with E-state index in [-0.39, 0.29) is 36.0 Å². The predicted octanol–water partition coefficient (Wildman–Crippen LogP) is 3.88. The third-order valence-corrected chi connectivity index (χ3v) is 5.44. The van der Waals surface area contributed by atoms with Gasteiger partial charge in [-0.25, -0.2) is 4.39 Å². The number of carbonyl (C=O) groups excluding carboxylic acids is 2. The number of likely N-dealkylation sites (tertiary alicyclic amines) is 1. The summed E-state index contributed by atoms with van der Waals surface area (Å²) in [6.07, 6.45) is 1.77. The quantitative estimate of drug-likeness (QED) is 0.751. The first-order chi connectivity index (χ1) is 14.5. The van der Waals surface area contributed by atoms with Crippen molar-refractivity contribution in [2.75, 3.05) is 19.7 Å². The number of nitrogens with zero attached hydrogens (tertiary/aromatic N) is 1. The highest BCUT2D eigenvalue weighted by molar-refractivity contribution is 5.82. The lowest BCUT2D eigenvalue weighted by Gasteiger charge is -2.33. The molecule has 0 bridgehead atoms. The normalized spacial score (nSPS) is 17.3. The minimum atomic E-state index is -0.318. The Kier molecular flexibility index (Phi) is 7.44. The summed E-state index contributed by atoms with van der Waals surface area (Å²) >= 11 is 0. The molecule has 0 spiro atoms. The molecule has 0 aromatic heterocycles. The van der Waals surface area contributed by atoms with Crippen molar-refractivity contribution in [3.63, 3.8) is 0 Å². The van der Waals surface area contributed by atoms with Crippen molar-refractivity contribution in [2.24, 2.45) is 5.92 Å². The zero-order valence-electron chi connectivity index (χ0n) is 17.6. The number of ether oxygens (including phenoxy) is 1. The molecule has 2 unspecified atom stereocenters. The van der Waals surface area contributed by atoms with Gasteiger partial charge in [0.2, 0.25) is 11.8 Å². The molecule has 160 valence electrons.